The molecule has 0 spiro atoms. The highest BCUT2D eigenvalue weighted by molar-refractivity contribution is 5.75. The van der Waals surface area contributed by atoms with Gasteiger partial charge in [-0.2, -0.15) is 0 Å². The van der Waals surface area contributed by atoms with E-state index in [9.17, 15) is 4.79 Å². The molecule has 0 radical (unpaired) electrons. The normalized spacial score (nSPS) is 12.1. The summed E-state index contributed by atoms with van der Waals surface area (Å²) < 4.78 is 5.31. The molecule has 1 N–H and O–H groups in total. The molecule has 3 nitrogen and oxygen atoms in total. The molecule has 3 heteroatoms. The van der Waals surface area contributed by atoms with Gasteiger partial charge < -0.3 is 10.1 Å². The van der Waals surface area contributed by atoms with Crippen LogP contribution in [0, 0.1) is 5.41 Å². The van der Waals surface area contributed by atoms with Gasteiger partial charge in [0.2, 0.25) is 0 Å². The van der Waals surface area contributed by atoms with E-state index in [-0.39, 0.29) is 11.5 Å². The van der Waals surface area contributed by atoms with Gasteiger partial charge in [0.25, 0.3) is 0 Å². The van der Waals surface area contributed by atoms with Crippen molar-refractivity contribution in [1.29, 1.82) is 0 Å². The Morgan fingerprint density at radius 2 is 1.67 bits per heavy atom. The Hall–Kier alpha value is -1.51. The zero-order valence-corrected chi connectivity index (χ0v) is 14.2. The van der Waals surface area contributed by atoms with Gasteiger partial charge in [-0.3, -0.25) is 4.79 Å². The molecule has 0 saturated carbocycles. The number of carbonyl (C=O) groups excluding carboxylic acids is 1. The van der Waals surface area contributed by atoms with Gasteiger partial charge >= 0.3 is 5.97 Å². The highest BCUT2D eigenvalue weighted by atomic mass is 16.5. The molecule has 0 unspecified atom stereocenters. The fourth-order valence-corrected chi connectivity index (χ4v) is 2.13. The van der Waals surface area contributed by atoms with E-state index >= 15 is 0 Å². The van der Waals surface area contributed by atoms with Gasteiger partial charge in [0, 0.05) is 11.2 Å². The maximum Gasteiger partial charge on any atom is 0.311 e. The number of hydrogen-bond donors (Lipinski definition) is 1. The molecule has 1 aromatic rings. The number of rotatable bonds is 6. The van der Waals surface area contributed by atoms with Gasteiger partial charge in [-0.05, 0) is 58.7 Å². The second-order valence-electron chi connectivity index (χ2n) is 7.28. The lowest BCUT2D eigenvalue weighted by Crippen LogP contribution is -2.30. The quantitative estimate of drug-likeness (QED) is 0.767. The molecule has 0 aliphatic heterocycles. The molecule has 0 aromatic heterocycles. The van der Waals surface area contributed by atoms with Crippen LogP contribution < -0.4 is 5.32 Å². The first kappa shape index (κ1) is 17.5. The number of anilines is 1. The summed E-state index contributed by atoms with van der Waals surface area (Å²) in [6, 6.07) is 8.08. The minimum atomic E-state index is -0.453. The van der Waals surface area contributed by atoms with Crippen LogP contribution in [0.4, 0.5) is 5.69 Å². The standard InChI is InChI=1S/C18H29NO2/c1-7-12-18(5,6)19-15-10-8-14(9-11-15)13-21-16(20)17(2,3)4/h8-11,19H,7,12-13H2,1-6H3. The van der Waals surface area contributed by atoms with Gasteiger partial charge in [0.1, 0.15) is 6.61 Å². The van der Waals surface area contributed by atoms with E-state index in [0.29, 0.717) is 6.61 Å². The molecular weight excluding hydrogens is 262 g/mol. The van der Waals surface area contributed by atoms with Crippen molar-refractivity contribution in [3.8, 4) is 0 Å². The van der Waals surface area contributed by atoms with E-state index < -0.39 is 5.41 Å². The number of benzene rings is 1. The Labute approximate surface area is 129 Å². The first-order valence-corrected chi connectivity index (χ1v) is 7.68. The van der Waals surface area contributed by atoms with Gasteiger partial charge in [-0.25, -0.2) is 0 Å². The van der Waals surface area contributed by atoms with E-state index in [1.54, 1.807) is 0 Å². The lowest BCUT2D eigenvalue weighted by molar-refractivity contribution is -0.154. The van der Waals surface area contributed by atoms with Crippen molar-refractivity contribution in [1.82, 2.24) is 0 Å². The molecular formula is C18H29NO2. The van der Waals surface area contributed by atoms with Crippen LogP contribution in [0.15, 0.2) is 24.3 Å². The van der Waals surface area contributed by atoms with Crippen molar-refractivity contribution in [2.45, 2.75) is 66.5 Å². The predicted molar refractivity (Wildman–Crippen MR) is 88.3 cm³/mol. The average Bonchev–Trinajstić information content (AvgIpc) is 2.35. The van der Waals surface area contributed by atoms with E-state index in [2.05, 4.69) is 26.1 Å². The van der Waals surface area contributed by atoms with Crippen LogP contribution in [0.25, 0.3) is 0 Å². The van der Waals surface area contributed by atoms with Crippen LogP contribution in [0.3, 0.4) is 0 Å². The molecule has 1 rings (SSSR count). The molecule has 0 bridgehead atoms. The summed E-state index contributed by atoms with van der Waals surface area (Å²) in [5, 5.41) is 3.53. The first-order chi connectivity index (χ1) is 9.64. The molecule has 0 atom stereocenters. The molecule has 0 aliphatic rings. The largest absolute Gasteiger partial charge is 0.460 e. The summed E-state index contributed by atoms with van der Waals surface area (Å²) in [6.07, 6.45) is 2.28. The topological polar surface area (TPSA) is 38.3 Å². The molecule has 0 aliphatic carbocycles. The summed E-state index contributed by atoms with van der Waals surface area (Å²) in [5.41, 5.74) is 1.74. The van der Waals surface area contributed by atoms with E-state index in [0.717, 1.165) is 24.1 Å². The van der Waals surface area contributed by atoms with Crippen molar-refractivity contribution in [2.24, 2.45) is 5.41 Å². The Morgan fingerprint density at radius 1 is 1.10 bits per heavy atom. The third-order valence-electron chi connectivity index (χ3n) is 3.29. The summed E-state index contributed by atoms with van der Waals surface area (Å²) in [4.78, 5) is 11.7. The van der Waals surface area contributed by atoms with Gasteiger partial charge in [0.15, 0.2) is 0 Å². The first-order valence-electron chi connectivity index (χ1n) is 7.68. The minimum absolute atomic E-state index is 0.0922. The minimum Gasteiger partial charge on any atom is -0.460 e. The van der Waals surface area contributed by atoms with Crippen LogP contribution in [0.1, 0.15) is 59.9 Å². The maximum atomic E-state index is 11.7. The molecule has 1 aromatic carbocycles. The summed E-state index contributed by atoms with van der Waals surface area (Å²) in [5.74, 6) is -0.172. The molecule has 0 saturated heterocycles. The fraction of sp³-hybridized carbons (Fsp3) is 0.611. The van der Waals surface area contributed by atoms with E-state index in [1.165, 1.54) is 0 Å². The van der Waals surface area contributed by atoms with Gasteiger partial charge in [-0.15, -0.1) is 0 Å². The summed E-state index contributed by atoms with van der Waals surface area (Å²) >= 11 is 0. The second kappa shape index (κ2) is 6.97. The van der Waals surface area contributed by atoms with Crippen LogP contribution in [-0.2, 0) is 16.1 Å². The number of esters is 1. The third-order valence-corrected chi connectivity index (χ3v) is 3.29. The van der Waals surface area contributed by atoms with Crippen LogP contribution in [0.5, 0.6) is 0 Å². The summed E-state index contributed by atoms with van der Waals surface area (Å²) in [6.45, 7) is 12.5. The maximum absolute atomic E-state index is 11.7. The zero-order valence-electron chi connectivity index (χ0n) is 14.2. The average molecular weight is 291 g/mol. The highest BCUT2D eigenvalue weighted by Crippen LogP contribution is 2.21. The Bertz CT molecular complexity index is 455. The molecule has 118 valence electrons. The highest BCUT2D eigenvalue weighted by Gasteiger charge is 2.22. The fourth-order valence-electron chi connectivity index (χ4n) is 2.13. The van der Waals surface area contributed by atoms with Gasteiger partial charge in [-0.1, -0.05) is 25.5 Å². The summed E-state index contributed by atoms with van der Waals surface area (Å²) in [7, 11) is 0. The van der Waals surface area contributed by atoms with Gasteiger partial charge in [0.05, 0.1) is 5.41 Å². The Kier molecular flexibility index (Phi) is 5.82. The number of ether oxygens (including phenoxy) is 1. The van der Waals surface area contributed by atoms with Crippen molar-refractivity contribution >= 4 is 11.7 Å². The molecule has 0 amide bonds. The van der Waals surface area contributed by atoms with Crippen molar-refractivity contribution in [3.05, 3.63) is 29.8 Å². The SMILES string of the molecule is CCCC(C)(C)Nc1ccc(COC(=O)C(C)(C)C)cc1. The van der Waals surface area contributed by atoms with Crippen molar-refractivity contribution in [2.75, 3.05) is 5.32 Å². The zero-order chi connectivity index (χ0) is 16.1. The monoisotopic (exact) mass is 291 g/mol. The van der Waals surface area contributed by atoms with Crippen molar-refractivity contribution < 1.29 is 9.53 Å². The molecule has 0 fully saturated rings. The van der Waals surface area contributed by atoms with Crippen LogP contribution in [-0.4, -0.2) is 11.5 Å². The van der Waals surface area contributed by atoms with E-state index in [1.807, 2.05) is 45.0 Å². The lowest BCUT2D eigenvalue weighted by Gasteiger charge is -2.27. The van der Waals surface area contributed by atoms with Crippen LogP contribution >= 0.6 is 0 Å². The lowest BCUT2D eigenvalue weighted by atomic mass is 9.97. The van der Waals surface area contributed by atoms with Crippen molar-refractivity contribution in [3.63, 3.8) is 0 Å². The Balaban J connectivity index is 2.57. The predicted octanol–water partition coefficient (Wildman–Crippen LogP) is 4.77. The van der Waals surface area contributed by atoms with E-state index in [4.69, 9.17) is 4.74 Å². The number of nitrogens with one attached hydrogen (secondary N) is 1. The second-order valence-corrected chi connectivity index (χ2v) is 7.28. The van der Waals surface area contributed by atoms with Crippen LogP contribution in [0.2, 0.25) is 0 Å². The smallest absolute Gasteiger partial charge is 0.311 e. The molecule has 21 heavy (non-hydrogen) atoms. The molecule has 0 heterocycles. The number of hydrogen-bond acceptors (Lipinski definition) is 3. The number of carbonyl (C=O) groups is 1. The Morgan fingerprint density at radius 3 is 2.14 bits per heavy atom. The third kappa shape index (κ3) is 6.19.